The number of nitrogens with zero attached hydrogens (tertiary/aromatic N) is 2. The summed E-state index contributed by atoms with van der Waals surface area (Å²) in [4.78, 5) is 19.0. The molecule has 21 heavy (non-hydrogen) atoms. The van der Waals surface area contributed by atoms with Gasteiger partial charge in [-0.3, -0.25) is 4.79 Å². The van der Waals surface area contributed by atoms with Crippen LogP contribution >= 0.6 is 11.3 Å². The van der Waals surface area contributed by atoms with Gasteiger partial charge in [-0.2, -0.15) is 0 Å². The minimum atomic E-state index is 0.203. The Morgan fingerprint density at radius 2 is 2.29 bits per heavy atom. The number of aryl methyl sites for hydroxylation is 2. The Bertz CT molecular complexity index is 609. The van der Waals surface area contributed by atoms with Crippen LogP contribution in [-0.4, -0.2) is 22.3 Å². The predicted octanol–water partition coefficient (Wildman–Crippen LogP) is 3.75. The predicted molar refractivity (Wildman–Crippen MR) is 85.3 cm³/mol. The van der Waals surface area contributed by atoms with Crippen LogP contribution in [0.15, 0.2) is 35.8 Å². The van der Waals surface area contributed by atoms with Crippen molar-refractivity contribution in [1.82, 2.24) is 9.88 Å². The molecule has 110 valence electrons. The van der Waals surface area contributed by atoms with Crippen LogP contribution in [0.25, 0.3) is 0 Å². The zero-order valence-electron chi connectivity index (χ0n) is 12.3. The summed E-state index contributed by atoms with van der Waals surface area (Å²) in [5, 5.41) is 3.07. The number of amides is 1. The highest BCUT2D eigenvalue weighted by molar-refractivity contribution is 7.09. The molecule has 0 radical (unpaired) electrons. The van der Waals surface area contributed by atoms with E-state index in [1.165, 1.54) is 11.1 Å². The van der Waals surface area contributed by atoms with E-state index in [2.05, 4.69) is 24.0 Å². The van der Waals surface area contributed by atoms with Gasteiger partial charge in [-0.15, -0.1) is 11.3 Å². The van der Waals surface area contributed by atoms with Gasteiger partial charge in [0.15, 0.2) is 0 Å². The maximum absolute atomic E-state index is 12.5. The summed E-state index contributed by atoms with van der Waals surface area (Å²) in [7, 11) is 0. The van der Waals surface area contributed by atoms with Crippen molar-refractivity contribution in [2.75, 3.05) is 6.54 Å². The Labute approximate surface area is 129 Å². The molecule has 1 unspecified atom stereocenters. The fraction of sp³-hybridized carbons (Fsp3) is 0.412. The fourth-order valence-corrected chi connectivity index (χ4v) is 3.78. The topological polar surface area (TPSA) is 33.2 Å². The Kier molecular flexibility index (Phi) is 4.34. The first-order valence-electron chi connectivity index (χ1n) is 7.49. The number of hydrogen-bond acceptors (Lipinski definition) is 3. The highest BCUT2D eigenvalue weighted by Crippen LogP contribution is 2.33. The van der Waals surface area contributed by atoms with Crippen molar-refractivity contribution in [2.24, 2.45) is 0 Å². The molecule has 1 aromatic carbocycles. The molecule has 0 bridgehead atoms. The van der Waals surface area contributed by atoms with Gasteiger partial charge < -0.3 is 4.90 Å². The second-order valence-corrected chi connectivity index (χ2v) is 6.47. The zero-order valence-corrected chi connectivity index (χ0v) is 13.1. The molecule has 3 rings (SSSR count). The maximum Gasteiger partial charge on any atom is 0.223 e. The molecule has 3 nitrogen and oxygen atoms in total. The zero-order chi connectivity index (χ0) is 14.7. The van der Waals surface area contributed by atoms with Crippen LogP contribution in [0.2, 0.25) is 0 Å². The number of carbonyl (C=O) groups excluding carboxylic acids is 1. The van der Waals surface area contributed by atoms with Gasteiger partial charge in [-0.1, -0.05) is 24.3 Å². The number of hydrogen-bond donors (Lipinski definition) is 0. The van der Waals surface area contributed by atoms with Crippen molar-refractivity contribution in [3.63, 3.8) is 0 Å². The molecule has 0 saturated carbocycles. The van der Waals surface area contributed by atoms with Crippen LogP contribution in [0.1, 0.15) is 41.4 Å². The molecule has 2 aromatic rings. The van der Waals surface area contributed by atoms with Crippen LogP contribution < -0.4 is 0 Å². The summed E-state index contributed by atoms with van der Waals surface area (Å²) in [5.41, 5.74) is 2.54. The average Bonchev–Trinajstić information content (AvgIpc) is 3.16. The summed E-state index contributed by atoms with van der Waals surface area (Å²) in [6, 6.07) is 8.51. The number of rotatable bonds is 4. The third-order valence-electron chi connectivity index (χ3n) is 4.18. The molecule has 1 atom stereocenters. The Hall–Kier alpha value is -1.68. The largest absolute Gasteiger partial charge is 0.333 e. The summed E-state index contributed by atoms with van der Waals surface area (Å²) in [5.74, 6) is 0.260. The van der Waals surface area contributed by atoms with Crippen molar-refractivity contribution in [3.8, 4) is 0 Å². The van der Waals surface area contributed by atoms with E-state index < -0.39 is 0 Å². The van der Waals surface area contributed by atoms with E-state index >= 15 is 0 Å². The van der Waals surface area contributed by atoms with Crippen molar-refractivity contribution >= 4 is 17.2 Å². The second kappa shape index (κ2) is 6.39. The Morgan fingerprint density at radius 1 is 1.43 bits per heavy atom. The molecule has 1 aromatic heterocycles. The molecule has 1 aliphatic heterocycles. The second-order valence-electron chi connectivity index (χ2n) is 5.54. The first-order valence-corrected chi connectivity index (χ1v) is 8.37. The summed E-state index contributed by atoms with van der Waals surface area (Å²) >= 11 is 1.65. The van der Waals surface area contributed by atoms with Gasteiger partial charge in [0.05, 0.1) is 6.04 Å². The number of thiazole rings is 1. The van der Waals surface area contributed by atoms with E-state index in [4.69, 9.17) is 0 Å². The monoisotopic (exact) mass is 300 g/mol. The van der Waals surface area contributed by atoms with Gasteiger partial charge in [0, 0.05) is 24.5 Å². The fourth-order valence-electron chi connectivity index (χ4n) is 3.00. The highest BCUT2D eigenvalue weighted by atomic mass is 32.1. The molecule has 1 saturated heterocycles. The van der Waals surface area contributed by atoms with Gasteiger partial charge >= 0.3 is 0 Å². The van der Waals surface area contributed by atoms with E-state index in [0.717, 1.165) is 30.8 Å². The molecule has 0 aliphatic carbocycles. The number of likely N-dealkylation sites (tertiary alicyclic amines) is 1. The normalized spacial score (nSPS) is 18.1. The molecular formula is C17H20N2OS. The lowest BCUT2D eigenvalue weighted by Gasteiger charge is -2.23. The third-order valence-corrected chi connectivity index (χ3v) is 5.06. The Balaban J connectivity index is 1.64. The lowest BCUT2D eigenvalue weighted by Crippen LogP contribution is -2.30. The molecule has 4 heteroatoms. The third kappa shape index (κ3) is 3.16. The lowest BCUT2D eigenvalue weighted by atomic mass is 10.0. The van der Waals surface area contributed by atoms with Gasteiger partial charge in [-0.05, 0) is 37.3 Å². The quantitative estimate of drug-likeness (QED) is 0.861. The molecule has 2 heterocycles. The molecule has 1 fully saturated rings. The molecule has 0 spiro atoms. The van der Waals surface area contributed by atoms with Gasteiger partial charge in [0.25, 0.3) is 0 Å². The maximum atomic E-state index is 12.5. The van der Waals surface area contributed by atoms with Crippen molar-refractivity contribution < 1.29 is 4.79 Å². The van der Waals surface area contributed by atoms with Crippen molar-refractivity contribution in [2.45, 2.75) is 38.6 Å². The summed E-state index contributed by atoms with van der Waals surface area (Å²) in [6.07, 6.45) is 5.37. The van der Waals surface area contributed by atoms with E-state index in [0.29, 0.717) is 6.42 Å². The van der Waals surface area contributed by atoms with Gasteiger partial charge in [0.2, 0.25) is 5.91 Å². The standard InChI is InChI=1S/C17H20N2OS/c1-13-5-2-3-6-14(13)8-9-16(20)19-11-4-7-15(19)17-18-10-12-21-17/h2-3,5-6,10,12,15H,4,7-9,11H2,1H3. The van der Waals surface area contributed by atoms with Crippen LogP contribution in [0, 0.1) is 6.92 Å². The molecular weight excluding hydrogens is 280 g/mol. The SMILES string of the molecule is Cc1ccccc1CCC(=O)N1CCCC1c1nccs1. The number of benzene rings is 1. The van der Waals surface area contributed by atoms with Crippen molar-refractivity contribution in [3.05, 3.63) is 52.0 Å². The molecule has 1 amide bonds. The average molecular weight is 300 g/mol. The Morgan fingerprint density at radius 3 is 3.05 bits per heavy atom. The van der Waals surface area contributed by atoms with E-state index in [9.17, 15) is 4.79 Å². The highest BCUT2D eigenvalue weighted by Gasteiger charge is 2.31. The first kappa shape index (κ1) is 14.3. The summed E-state index contributed by atoms with van der Waals surface area (Å²) < 4.78 is 0. The van der Waals surface area contributed by atoms with E-state index in [1.807, 2.05) is 28.6 Å². The van der Waals surface area contributed by atoms with E-state index in [-0.39, 0.29) is 11.9 Å². The lowest BCUT2D eigenvalue weighted by molar-refractivity contribution is -0.132. The van der Waals surface area contributed by atoms with Crippen LogP contribution in [0.3, 0.4) is 0 Å². The van der Waals surface area contributed by atoms with Crippen LogP contribution in [-0.2, 0) is 11.2 Å². The number of aromatic nitrogens is 1. The first-order chi connectivity index (χ1) is 10.3. The van der Waals surface area contributed by atoms with E-state index in [1.54, 1.807) is 11.3 Å². The summed E-state index contributed by atoms with van der Waals surface area (Å²) in [6.45, 7) is 2.98. The van der Waals surface area contributed by atoms with Crippen LogP contribution in [0.4, 0.5) is 0 Å². The number of carbonyl (C=O) groups is 1. The minimum absolute atomic E-state index is 0.203. The smallest absolute Gasteiger partial charge is 0.223 e. The van der Waals surface area contributed by atoms with Gasteiger partial charge in [-0.25, -0.2) is 4.98 Å². The van der Waals surface area contributed by atoms with Crippen LogP contribution in [0.5, 0.6) is 0 Å². The van der Waals surface area contributed by atoms with Gasteiger partial charge in [0.1, 0.15) is 5.01 Å². The van der Waals surface area contributed by atoms with Crippen molar-refractivity contribution in [1.29, 1.82) is 0 Å². The minimum Gasteiger partial charge on any atom is -0.333 e. The molecule has 1 aliphatic rings. The molecule has 0 N–H and O–H groups in total.